The third-order valence-corrected chi connectivity index (χ3v) is 6.99. The van der Waals surface area contributed by atoms with Crippen molar-refractivity contribution in [3.63, 3.8) is 0 Å². The Balaban J connectivity index is 1.68. The van der Waals surface area contributed by atoms with Crippen molar-refractivity contribution in [2.45, 2.75) is 57.0 Å². The lowest BCUT2D eigenvalue weighted by Gasteiger charge is -2.22. The zero-order valence-corrected chi connectivity index (χ0v) is 23.0. The minimum Gasteiger partial charge on any atom is -0.481 e. The normalized spacial score (nSPS) is 12.3. The molecule has 0 saturated heterocycles. The number of carboxylic acid groups (broad SMARTS) is 2. The van der Waals surface area contributed by atoms with Crippen molar-refractivity contribution in [3.8, 4) is 0 Å². The number of thioether (sulfide) groups is 1. The molecule has 0 aliphatic heterocycles. The van der Waals surface area contributed by atoms with Crippen molar-refractivity contribution in [2.75, 3.05) is 11.1 Å². The zero-order valence-electron chi connectivity index (χ0n) is 22.2. The largest absolute Gasteiger partial charge is 0.481 e. The summed E-state index contributed by atoms with van der Waals surface area (Å²) in [4.78, 5) is 65.5. The van der Waals surface area contributed by atoms with Gasteiger partial charge in [0.2, 0.25) is 5.91 Å². The van der Waals surface area contributed by atoms with Gasteiger partial charge in [-0.3, -0.25) is 28.5 Å². The summed E-state index contributed by atoms with van der Waals surface area (Å²) in [6.45, 7) is 1.63. The van der Waals surface area contributed by atoms with Crippen LogP contribution < -0.4 is 16.2 Å². The molecule has 2 unspecified atom stereocenters. The monoisotopic (exact) mass is 586 g/mol. The van der Waals surface area contributed by atoms with Crippen LogP contribution in [0.5, 0.6) is 0 Å². The van der Waals surface area contributed by atoms with E-state index in [9.17, 15) is 29.1 Å². The van der Waals surface area contributed by atoms with Gasteiger partial charge in [0.05, 0.1) is 31.2 Å². The van der Waals surface area contributed by atoms with Crippen LogP contribution in [-0.2, 0) is 37.9 Å². The molecule has 2 atom stereocenters. The van der Waals surface area contributed by atoms with Crippen LogP contribution in [0.2, 0.25) is 0 Å². The number of aliphatic carboxylic acids is 2. The highest BCUT2D eigenvalue weighted by Crippen LogP contribution is 2.15. The first-order valence-electron chi connectivity index (χ1n) is 12.7. The molecule has 0 aliphatic rings. The number of nitrogens with one attached hydrogen (secondary N) is 2. The summed E-state index contributed by atoms with van der Waals surface area (Å²) < 4.78 is 5.82. The van der Waals surface area contributed by atoms with E-state index in [0.717, 1.165) is 10.1 Å². The average Bonchev–Trinajstić information content (AvgIpc) is 3.40. The Bertz CT molecular complexity index is 1410. The zero-order chi connectivity index (χ0) is 29.8. The molecule has 2 aromatic heterocycles. The van der Waals surface area contributed by atoms with Gasteiger partial charge in [0.15, 0.2) is 11.6 Å². The second-order valence-electron chi connectivity index (χ2n) is 8.92. The van der Waals surface area contributed by atoms with E-state index in [-0.39, 0.29) is 37.4 Å². The van der Waals surface area contributed by atoms with E-state index in [4.69, 9.17) is 5.11 Å². The Hall–Kier alpha value is -4.53. The third kappa shape index (κ3) is 9.27. The maximum absolute atomic E-state index is 13.2. The topological polar surface area (TPSA) is 207 Å². The highest BCUT2D eigenvalue weighted by molar-refractivity contribution is 7.99. The van der Waals surface area contributed by atoms with Crippen molar-refractivity contribution in [1.29, 1.82) is 0 Å². The summed E-state index contributed by atoms with van der Waals surface area (Å²) in [5.41, 5.74) is 0.983. The van der Waals surface area contributed by atoms with Gasteiger partial charge in [0, 0.05) is 24.6 Å². The lowest BCUT2D eigenvalue weighted by atomic mass is 10.1. The lowest BCUT2D eigenvalue weighted by molar-refractivity contribution is -0.140. The molecule has 1 amide bonds. The fourth-order valence-electron chi connectivity index (χ4n) is 3.87. The van der Waals surface area contributed by atoms with E-state index in [0.29, 0.717) is 17.1 Å². The predicted molar refractivity (Wildman–Crippen MR) is 147 cm³/mol. The number of benzene rings is 1. The molecule has 0 aliphatic carbocycles. The molecule has 0 spiro atoms. The minimum atomic E-state index is -1.27. The number of Topliss-reactive ketones (excluding diaryl/α,β-unsaturated/α-hetero) is 1. The van der Waals surface area contributed by atoms with Crippen molar-refractivity contribution in [3.05, 3.63) is 70.0 Å². The van der Waals surface area contributed by atoms with Crippen LogP contribution >= 0.6 is 11.8 Å². The number of aryl methyl sites for hydroxylation is 1. The van der Waals surface area contributed by atoms with Crippen molar-refractivity contribution >= 4 is 41.2 Å². The second-order valence-corrected chi connectivity index (χ2v) is 9.91. The minimum absolute atomic E-state index is 0.00144. The molecular formula is C26H30N6O8S. The van der Waals surface area contributed by atoms with Crippen LogP contribution in [0.4, 0.5) is 5.82 Å². The van der Waals surface area contributed by atoms with E-state index in [1.165, 1.54) is 24.2 Å². The summed E-state index contributed by atoms with van der Waals surface area (Å²) in [6, 6.07) is 7.15. The van der Waals surface area contributed by atoms with Gasteiger partial charge in [0.25, 0.3) is 5.56 Å². The molecule has 41 heavy (non-hydrogen) atoms. The first-order valence-corrected chi connectivity index (χ1v) is 13.8. The molecule has 0 bridgehead atoms. The number of hydrogen-bond acceptors (Lipinski definition) is 11. The molecule has 0 fully saturated rings. The SMILES string of the molecule is CCC(C(=O)NC(CC(=O)O)C(=O)CSCc1ccccc1)n1ccnc(NCc2nonc2CCC(=O)O)c1=O. The van der Waals surface area contributed by atoms with Crippen molar-refractivity contribution < 1.29 is 34.0 Å². The third-order valence-electron chi connectivity index (χ3n) is 5.97. The summed E-state index contributed by atoms with van der Waals surface area (Å²) in [5.74, 6) is -2.95. The fraction of sp³-hybridized carbons (Fsp3) is 0.385. The summed E-state index contributed by atoms with van der Waals surface area (Å²) in [7, 11) is 0. The molecular weight excluding hydrogens is 556 g/mol. The van der Waals surface area contributed by atoms with Crippen LogP contribution in [0.15, 0.2) is 52.1 Å². The van der Waals surface area contributed by atoms with Gasteiger partial charge in [-0.25, -0.2) is 9.61 Å². The first-order chi connectivity index (χ1) is 19.7. The van der Waals surface area contributed by atoms with E-state index < -0.39 is 47.7 Å². The van der Waals surface area contributed by atoms with Gasteiger partial charge < -0.3 is 20.8 Å². The number of aromatic nitrogens is 4. The summed E-state index contributed by atoms with van der Waals surface area (Å²) in [6.07, 6.45) is 2.11. The Labute approximate surface area is 238 Å². The quantitative estimate of drug-likeness (QED) is 0.178. The number of nitrogens with zero attached hydrogens (tertiary/aromatic N) is 4. The Morgan fingerprint density at radius 1 is 1.07 bits per heavy atom. The molecule has 1 aromatic carbocycles. The summed E-state index contributed by atoms with van der Waals surface area (Å²) >= 11 is 1.31. The second kappa shape index (κ2) is 15.3. The number of carbonyl (C=O) groups excluding carboxylic acids is 2. The molecule has 3 rings (SSSR count). The standard InChI is InChI=1S/C26H30N6O8S/c1-2-20(25(38)29-18(12-23(36)37)21(33)15-41-14-16-6-4-3-5-7-16)32-11-10-27-24(26(32)39)28-13-19-17(30-40-31-19)8-9-22(34)35/h3-7,10-11,18,20H,2,8-9,12-15H2,1H3,(H,27,28)(H,29,38)(H,34,35)(H,36,37). The number of rotatable bonds is 17. The maximum Gasteiger partial charge on any atom is 0.305 e. The summed E-state index contributed by atoms with van der Waals surface area (Å²) in [5, 5.41) is 30.9. The van der Waals surface area contributed by atoms with Gasteiger partial charge in [-0.1, -0.05) is 47.6 Å². The van der Waals surface area contributed by atoms with Crippen LogP contribution in [0.25, 0.3) is 0 Å². The highest BCUT2D eigenvalue weighted by Gasteiger charge is 2.28. The molecule has 3 aromatic rings. The van der Waals surface area contributed by atoms with Crippen LogP contribution in [0.3, 0.4) is 0 Å². The number of carbonyl (C=O) groups is 4. The van der Waals surface area contributed by atoms with Gasteiger partial charge in [-0.15, -0.1) is 11.8 Å². The Morgan fingerprint density at radius 2 is 1.80 bits per heavy atom. The van der Waals surface area contributed by atoms with Crippen molar-refractivity contribution in [1.82, 2.24) is 25.2 Å². The number of ketones is 1. The van der Waals surface area contributed by atoms with Crippen LogP contribution in [-0.4, -0.2) is 65.5 Å². The molecule has 0 saturated carbocycles. The number of amides is 1. The Kier molecular flexibility index (Phi) is 11.6. The van der Waals surface area contributed by atoms with E-state index >= 15 is 0 Å². The van der Waals surface area contributed by atoms with Gasteiger partial charge in [-0.2, -0.15) is 0 Å². The van der Waals surface area contributed by atoms with Gasteiger partial charge >= 0.3 is 11.9 Å². The average molecular weight is 587 g/mol. The molecule has 218 valence electrons. The first kappa shape index (κ1) is 31.0. The van der Waals surface area contributed by atoms with Crippen LogP contribution in [0.1, 0.15) is 49.2 Å². The lowest BCUT2D eigenvalue weighted by Crippen LogP contribution is -2.47. The van der Waals surface area contributed by atoms with E-state index in [1.54, 1.807) is 6.92 Å². The molecule has 14 nitrogen and oxygen atoms in total. The smallest absolute Gasteiger partial charge is 0.305 e. The number of hydrogen-bond donors (Lipinski definition) is 4. The maximum atomic E-state index is 13.2. The fourth-order valence-corrected chi connectivity index (χ4v) is 4.81. The Morgan fingerprint density at radius 3 is 2.49 bits per heavy atom. The van der Waals surface area contributed by atoms with Gasteiger partial charge in [0.1, 0.15) is 17.4 Å². The predicted octanol–water partition coefficient (Wildman–Crippen LogP) is 1.67. The van der Waals surface area contributed by atoms with Crippen LogP contribution in [0, 0.1) is 0 Å². The molecule has 15 heteroatoms. The highest BCUT2D eigenvalue weighted by atomic mass is 32.2. The van der Waals surface area contributed by atoms with E-state index in [1.807, 2.05) is 30.3 Å². The van der Waals surface area contributed by atoms with E-state index in [2.05, 4.69) is 30.6 Å². The van der Waals surface area contributed by atoms with Crippen molar-refractivity contribution in [2.24, 2.45) is 0 Å². The number of carboxylic acids is 2. The molecule has 0 radical (unpaired) electrons. The molecule has 4 N–H and O–H groups in total. The number of anilines is 1. The van der Waals surface area contributed by atoms with Gasteiger partial charge in [-0.05, 0) is 12.0 Å². The molecule has 2 heterocycles.